The highest BCUT2D eigenvalue weighted by atomic mass is 14.9. The normalized spacial score (nSPS) is 11.8. The van der Waals surface area contributed by atoms with Gasteiger partial charge in [-0.25, -0.2) is 0 Å². The van der Waals surface area contributed by atoms with Gasteiger partial charge in [0.05, 0.1) is 11.6 Å². The molecule has 0 spiro atoms. The Morgan fingerprint density at radius 2 is 2.07 bits per heavy atom. The largest absolute Gasteiger partial charge is 0.385 e. The van der Waals surface area contributed by atoms with Gasteiger partial charge in [-0.3, -0.25) is 0 Å². The zero-order chi connectivity index (χ0) is 11.1. The molecule has 0 aromatic heterocycles. The molecule has 0 saturated heterocycles. The number of nitrogens with two attached hydrogens (primary N) is 1. The highest BCUT2D eigenvalue weighted by Gasteiger charge is 1.98. The van der Waals surface area contributed by atoms with Crippen molar-refractivity contribution >= 4 is 5.69 Å². The van der Waals surface area contributed by atoms with Crippen LogP contribution < -0.4 is 11.1 Å². The minimum absolute atomic E-state index is 0.552. The Morgan fingerprint density at radius 3 is 2.60 bits per heavy atom. The van der Waals surface area contributed by atoms with E-state index in [1.165, 1.54) is 0 Å². The zero-order valence-electron chi connectivity index (χ0n) is 9.03. The van der Waals surface area contributed by atoms with Gasteiger partial charge < -0.3 is 11.1 Å². The Morgan fingerprint density at radius 1 is 1.40 bits per heavy atom. The van der Waals surface area contributed by atoms with Crippen LogP contribution in [-0.4, -0.2) is 13.1 Å². The van der Waals surface area contributed by atoms with Crippen LogP contribution in [0.4, 0.5) is 5.69 Å². The number of hydrogen-bond donors (Lipinski definition) is 2. The minimum atomic E-state index is 0.552. The molecular weight excluding hydrogens is 186 g/mol. The van der Waals surface area contributed by atoms with E-state index in [1.807, 2.05) is 24.3 Å². The zero-order valence-corrected chi connectivity index (χ0v) is 9.03. The fourth-order valence-corrected chi connectivity index (χ4v) is 1.24. The van der Waals surface area contributed by atoms with E-state index in [0.29, 0.717) is 11.5 Å². The Kier molecular flexibility index (Phi) is 4.65. The summed E-state index contributed by atoms with van der Waals surface area (Å²) in [6.45, 7) is 3.79. The van der Waals surface area contributed by atoms with Crippen LogP contribution in [0.1, 0.15) is 18.9 Å². The van der Waals surface area contributed by atoms with Crippen LogP contribution in [0.15, 0.2) is 24.3 Å². The fourth-order valence-electron chi connectivity index (χ4n) is 1.24. The number of nitrogens with zero attached hydrogens (tertiary/aromatic N) is 1. The van der Waals surface area contributed by atoms with Gasteiger partial charge in [-0.15, -0.1) is 0 Å². The van der Waals surface area contributed by atoms with Crippen molar-refractivity contribution in [1.29, 1.82) is 5.26 Å². The van der Waals surface area contributed by atoms with Crippen molar-refractivity contribution in [3.05, 3.63) is 29.8 Å². The molecular formula is C12H17N3. The van der Waals surface area contributed by atoms with Gasteiger partial charge in [-0.1, -0.05) is 6.92 Å². The van der Waals surface area contributed by atoms with Crippen LogP contribution >= 0.6 is 0 Å². The Bertz CT molecular complexity index is 324. The van der Waals surface area contributed by atoms with Crippen LogP contribution in [-0.2, 0) is 0 Å². The lowest BCUT2D eigenvalue weighted by Crippen LogP contribution is -2.14. The molecule has 0 radical (unpaired) electrons. The number of benzene rings is 1. The second kappa shape index (κ2) is 6.05. The molecule has 15 heavy (non-hydrogen) atoms. The third-order valence-corrected chi connectivity index (χ3v) is 2.38. The summed E-state index contributed by atoms with van der Waals surface area (Å²) in [6, 6.07) is 9.57. The van der Waals surface area contributed by atoms with Gasteiger partial charge in [0.1, 0.15) is 0 Å². The van der Waals surface area contributed by atoms with Gasteiger partial charge in [0.25, 0.3) is 0 Å². The summed E-state index contributed by atoms with van der Waals surface area (Å²) in [7, 11) is 0. The molecule has 0 saturated carbocycles. The summed E-state index contributed by atoms with van der Waals surface area (Å²) in [5.41, 5.74) is 7.27. The van der Waals surface area contributed by atoms with Gasteiger partial charge in [-0.05, 0) is 43.1 Å². The third kappa shape index (κ3) is 4.01. The molecule has 0 heterocycles. The lowest BCUT2D eigenvalue weighted by atomic mass is 10.1. The molecule has 0 bridgehead atoms. The first kappa shape index (κ1) is 11.5. The molecule has 1 aromatic carbocycles. The maximum Gasteiger partial charge on any atom is 0.0991 e. The van der Waals surface area contributed by atoms with Crippen molar-refractivity contribution in [2.75, 3.05) is 18.4 Å². The van der Waals surface area contributed by atoms with E-state index >= 15 is 0 Å². The number of rotatable bonds is 5. The third-order valence-electron chi connectivity index (χ3n) is 2.38. The first-order chi connectivity index (χ1) is 7.26. The summed E-state index contributed by atoms with van der Waals surface area (Å²) in [5.74, 6) is 0.552. The van der Waals surface area contributed by atoms with Gasteiger partial charge >= 0.3 is 0 Å². The van der Waals surface area contributed by atoms with Crippen LogP contribution in [0.5, 0.6) is 0 Å². The predicted molar refractivity (Wildman–Crippen MR) is 62.5 cm³/mol. The second-order valence-corrected chi connectivity index (χ2v) is 3.75. The molecule has 0 aliphatic carbocycles. The van der Waals surface area contributed by atoms with Crippen molar-refractivity contribution in [1.82, 2.24) is 0 Å². The number of nitrogens with one attached hydrogen (secondary N) is 1. The molecule has 0 aliphatic rings. The Labute approximate surface area is 90.9 Å². The lowest BCUT2D eigenvalue weighted by molar-refractivity contribution is 0.561. The van der Waals surface area contributed by atoms with Crippen LogP contribution in [0.3, 0.4) is 0 Å². The maximum absolute atomic E-state index is 8.62. The van der Waals surface area contributed by atoms with E-state index in [0.717, 1.165) is 25.2 Å². The minimum Gasteiger partial charge on any atom is -0.385 e. The van der Waals surface area contributed by atoms with Crippen molar-refractivity contribution < 1.29 is 0 Å². The van der Waals surface area contributed by atoms with E-state index < -0.39 is 0 Å². The lowest BCUT2D eigenvalue weighted by Gasteiger charge is -2.10. The van der Waals surface area contributed by atoms with E-state index in [-0.39, 0.29) is 0 Å². The quantitative estimate of drug-likeness (QED) is 0.769. The molecule has 3 N–H and O–H groups in total. The standard InChI is InChI=1S/C12H17N3/c1-10(8-13)6-7-15-12-4-2-11(9-14)3-5-12/h2-5,10,15H,6-8,13H2,1H3. The van der Waals surface area contributed by atoms with Crippen LogP contribution in [0, 0.1) is 17.2 Å². The fraction of sp³-hybridized carbons (Fsp3) is 0.417. The van der Waals surface area contributed by atoms with E-state index in [4.69, 9.17) is 11.0 Å². The van der Waals surface area contributed by atoms with E-state index in [2.05, 4.69) is 18.3 Å². The summed E-state index contributed by atoms with van der Waals surface area (Å²) >= 11 is 0. The van der Waals surface area contributed by atoms with Gasteiger partial charge in [0.2, 0.25) is 0 Å². The molecule has 3 nitrogen and oxygen atoms in total. The van der Waals surface area contributed by atoms with Crippen molar-refractivity contribution in [3.63, 3.8) is 0 Å². The maximum atomic E-state index is 8.62. The Balaban J connectivity index is 2.35. The first-order valence-corrected chi connectivity index (χ1v) is 5.20. The van der Waals surface area contributed by atoms with Crippen LogP contribution in [0.25, 0.3) is 0 Å². The molecule has 0 fully saturated rings. The topological polar surface area (TPSA) is 61.8 Å². The van der Waals surface area contributed by atoms with E-state index in [9.17, 15) is 0 Å². The summed E-state index contributed by atoms with van der Waals surface area (Å²) in [4.78, 5) is 0. The highest BCUT2D eigenvalue weighted by molar-refractivity contribution is 5.46. The average molecular weight is 203 g/mol. The first-order valence-electron chi connectivity index (χ1n) is 5.20. The molecule has 1 atom stereocenters. The SMILES string of the molecule is CC(CN)CCNc1ccc(C#N)cc1. The monoisotopic (exact) mass is 203 g/mol. The smallest absolute Gasteiger partial charge is 0.0991 e. The second-order valence-electron chi connectivity index (χ2n) is 3.75. The molecule has 1 aromatic rings. The van der Waals surface area contributed by atoms with Gasteiger partial charge in [0, 0.05) is 12.2 Å². The van der Waals surface area contributed by atoms with Crippen molar-refractivity contribution in [2.24, 2.45) is 11.7 Å². The molecule has 0 aliphatic heterocycles. The molecule has 80 valence electrons. The van der Waals surface area contributed by atoms with Crippen LogP contribution in [0.2, 0.25) is 0 Å². The predicted octanol–water partition coefficient (Wildman–Crippen LogP) is 1.96. The highest BCUT2D eigenvalue weighted by Crippen LogP contribution is 2.09. The average Bonchev–Trinajstić information content (AvgIpc) is 2.29. The Hall–Kier alpha value is -1.53. The van der Waals surface area contributed by atoms with Gasteiger partial charge in [0.15, 0.2) is 0 Å². The van der Waals surface area contributed by atoms with Crippen molar-refractivity contribution in [3.8, 4) is 6.07 Å². The van der Waals surface area contributed by atoms with E-state index in [1.54, 1.807) is 0 Å². The van der Waals surface area contributed by atoms with Gasteiger partial charge in [-0.2, -0.15) is 5.26 Å². The molecule has 1 unspecified atom stereocenters. The summed E-state index contributed by atoms with van der Waals surface area (Å²) < 4.78 is 0. The summed E-state index contributed by atoms with van der Waals surface area (Å²) in [5, 5.41) is 11.9. The molecule has 1 rings (SSSR count). The van der Waals surface area contributed by atoms with Crippen molar-refractivity contribution in [2.45, 2.75) is 13.3 Å². The number of anilines is 1. The molecule has 3 heteroatoms. The summed E-state index contributed by atoms with van der Waals surface area (Å²) in [6.07, 6.45) is 1.07. The number of hydrogen-bond acceptors (Lipinski definition) is 3. The number of nitriles is 1. The molecule has 0 amide bonds.